The van der Waals surface area contributed by atoms with E-state index in [4.69, 9.17) is 9.84 Å². The lowest BCUT2D eigenvalue weighted by atomic mass is 10.2. The Hall–Kier alpha value is -2.57. The number of amides is 3. The number of imide groups is 1. The summed E-state index contributed by atoms with van der Waals surface area (Å²) in [5.41, 5.74) is 0.522. The molecule has 0 aliphatic heterocycles. The third-order valence-corrected chi connectivity index (χ3v) is 2.47. The maximum Gasteiger partial charge on any atom is 0.325 e. The van der Waals surface area contributed by atoms with Crippen molar-refractivity contribution in [3.63, 3.8) is 0 Å². The molecule has 1 aromatic carbocycles. The second kappa shape index (κ2) is 8.57. The number of nitrogens with one attached hydrogen (secondary N) is 2. The molecule has 21 heavy (non-hydrogen) atoms. The Morgan fingerprint density at radius 1 is 1.14 bits per heavy atom. The predicted octanol–water partition coefficient (Wildman–Crippen LogP) is 1.99. The summed E-state index contributed by atoms with van der Waals surface area (Å²) in [4.78, 5) is 33.2. The van der Waals surface area contributed by atoms with E-state index >= 15 is 0 Å². The number of hydrogen-bond acceptors (Lipinski definition) is 4. The van der Waals surface area contributed by atoms with E-state index < -0.39 is 17.9 Å². The molecule has 3 N–H and O–H groups in total. The second-order valence-electron chi connectivity index (χ2n) is 4.21. The molecular formula is C14H18N2O5. The molecule has 0 aromatic heterocycles. The third kappa shape index (κ3) is 6.95. The van der Waals surface area contributed by atoms with Crippen LogP contribution < -0.4 is 15.4 Å². The lowest BCUT2D eigenvalue weighted by Crippen LogP contribution is -2.34. The Morgan fingerprint density at radius 3 is 2.38 bits per heavy atom. The number of carboxylic acids is 1. The maximum atomic E-state index is 11.5. The molecule has 114 valence electrons. The van der Waals surface area contributed by atoms with Crippen LogP contribution in [0.25, 0.3) is 0 Å². The third-order valence-electron chi connectivity index (χ3n) is 2.47. The number of benzene rings is 1. The average Bonchev–Trinajstić information content (AvgIpc) is 2.40. The van der Waals surface area contributed by atoms with Gasteiger partial charge in [-0.2, -0.15) is 0 Å². The average molecular weight is 294 g/mol. The van der Waals surface area contributed by atoms with Gasteiger partial charge in [-0.15, -0.1) is 0 Å². The summed E-state index contributed by atoms with van der Waals surface area (Å²) in [5, 5.41) is 13.1. The van der Waals surface area contributed by atoms with Gasteiger partial charge in [-0.1, -0.05) is 0 Å². The molecule has 0 aliphatic carbocycles. The number of rotatable bonds is 7. The van der Waals surface area contributed by atoms with Gasteiger partial charge in [0.25, 0.3) is 0 Å². The zero-order valence-corrected chi connectivity index (χ0v) is 11.7. The molecule has 0 aliphatic rings. The topological polar surface area (TPSA) is 105 Å². The van der Waals surface area contributed by atoms with E-state index in [0.717, 1.165) is 0 Å². The standard InChI is InChI=1S/C14H18N2O5/c1-2-21-11-8-6-10(7-9-11)15-14(20)16-12(17)4-3-5-13(18)19/h6-9H,2-5H2,1H3,(H,18,19)(H2,15,16,17,20). The fraction of sp³-hybridized carbons (Fsp3) is 0.357. The van der Waals surface area contributed by atoms with Crippen LogP contribution in [0.5, 0.6) is 5.75 Å². The summed E-state index contributed by atoms with van der Waals surface area (Å²) in [5.74, 6) is -0.797. The Kier molecular flexibility index (Phi) is 6.73. The molecule has 1 aromatic rings. The van der Waals surface area contributed by atoms with Crippen molar-refractivity contribution < 1.29 is 24.2 Å². The number of anilines is 1. The molecule has 7 heteroatoms. The first-order chi connectivity index (χ1) is 10.0. The van der Waals surface area contributed by atoms with Crippen LogP contribution in [0.1, 0.15) is 26.2 Å². The van der Waals surface area contributed by atoms with Crippen LogP contribution in [0.4, 0.5) is 10.5 Å². The Bertz CT molecular complexity index is 499. The van der Waals surface area contributed by atoms with Gasteiger partial charge in [0.1, 0.15) is 5.75 Å². The van der Waals surface area contributed by atoms with Gasteiger partial charge in [-0.25, -0.2) is 4.79 Å². The van der Waals surface area contributed by atoms with Gasteiger partial charge in [0.2, 0.25) is 5.91 Å². The van der Waals surface area contributed by atoms with Crippen molar-refractivity contribution in [2.45, 2.75) is 26.2 Å². The van der Waals surface area contributed by atoms with Gasteiger partial charge in [0.15, 0.2) is 0 Å². The number of urea groups is 1. The SMILES string of the molecule is CCOc1ccc(NC(=O)NC(=O)CCCC(=O)O)cc1. The van der Waals surface area contributed by atoms with Crippen LogP contribution >= 0.6 is 0 Å². The summed E-state index contributed by atoms with van der Waals surface area (Å²) in [6, 6.07) is 6.06. The molecule has 0 fully saturated rings. The molecule has 0 saturated carbocycles. The molecule has 0 atom stereocenters. The molecule has 3 amide bonds. The molecule has 0 radical (unpaired) electrons. The minimum Gasteiger partial charge on any atom is -0.494 e. The number of aliphatic carboxylic acids is 1. The zero-order chi connectivity index (χ0) is 15.7. The number of hydrogen-bond donors (Lipinski definition) is 3. The summed E-state index contributed by atoms with van der Waals surface area (Å²) in [6.45, 7) is 2.42. The van der Waals surface area contributed by atoms with E-state index in [1.807, 2.05) is 6.92 Å². The second-order valence-corrected chi connectivity index (χ2v) is 4.21. The quantitative estimate of drug-likeness (QED) is 0.713. The minimum atomic E-state index is -0.971. The van der Waals surface area contributed by atoms with Crippen molar-refractivity contribution in [2.75, 3.05) is 11.9 Å². The molecule has 0 heterocycles. The highest BCUT2D eigenvalue weighted by atomic mass is 16.5. The van der Waals surface area contributed by atoms with Gasteiger partial charge >= 0.3 is 12.0 Å². The van der Waals surface area contributed by atoms with Crippen LogP contribution in [0.2, 0.25) is 0 Å². The number of carbonyl (C=O) groups excluding carboxylic acids is 2. The highest BCUT2D eigenvalue weighted by Gasteiger charge is 2.08. The summed E-state index contributed by atoms with van der Waals surface area (Å²) in [6.07, 6.45) is 0.0778. The van der Waals surface area contributed by atoms with Crippen LogP contribution in [0.15, 0.2) is 24.3 Å². The monoisotopic (exact) mass is 294 g/mol. The summed E-state index contributed by atoms with van der Waals surface area (Å²) < 4.78 is 5.26. The Labute approximate surface area is 122 Å². The van der Waals surface area contributed by atoms with Gasteiger partial charge < -0.3 is 15.2 Å². The lowest BCUT2D eigenvalue weighted by Gasteiger charge is -2.07. The van der Waals surface area contributed by atoms with Crippen molar-refractivity contribution in [2.24, 2.45) is 0 Å². The highest BCUT2D eigenvalue weighted by Crippen LogP contribution is 2.15. The van der Waals surface area contributed by atoms with E-state index in [-0.39, 0.29) is 19.3 Å². The van der Waals surface area contributed by atoms with Gasteiger partial charge in [-0.05, 0) is 37.6 Å². The predicted molar refractivity (Wildman–Crippen MR) is 76.3 cm³/mol. The van der Waals surface area contributed by atoms with E-state index in [1.165, 1.54) is 0 Å². The van der Waals surface area contributed by atoms with E-state index in [9.17, 15) is 14.4 Å². The van der Waals surface area contributed by atoms with E-state index in [1.54, 1.807) is 24.3 Å². The molecule has 7 nitrogen and oxygen atoms in total. The zero-order valence-electron chi connectivity index (χ0n) is 11.7. The van der Waals surface area contributed by atoms with Gasteiger partial charge in [0.05, 0.1) is 6.61 Å². The Balaban J connectivity index is 2.35. The smallest absolute Gasteiger partial charge is 0.325 e. The molecule has 0 saturated heterocycles. The first-order valence-corrected chi connectivity index (χ1v) is 6.56. The molecule has 0 unspecified atom stereocenters. The van der Waals surface area contributed by atoms with Gasteiger partial charge in [0, 0.05) is 18.5 Å². The highest BCUT2D eigenvalue weighted by molar-refractivity contribution is 6.01. The number of carbonyl (C=O) groups is 3. The van der Waals surface area contributed by atoms with E-state index in [2.05, 4.69) is 10.6 Å². The summed E-state index contributed by atoms with van der Waals surface area (Å²) in [7, 11) is 0. The fourth-order valence-electron chi connectivity index (χ4n) is 1.55. The molecule has 0 bridgehead atoms. The maximum absolute atomic E-state index is 11.5. The molecule has 0 spiro atoms. The van der Waals surface area contributed by atoms with Crippen LogP contribution in [0.3, 0.4) is 0 Å². The Morgan fingerprint density at radius 2 is 1.81 bits per heavy atom. The minimum absolute atomic E-state index is 0.0109. The van der Waals surface area contributed by atoms with Crippen molar-refractivity contribution in [3.8, 4) is 5.75 Å². The lowest BCUT2D eigenvalue weighted by molar-refractivity contribution is -0.137. The van der Waals surface area contributed by atoms with E-state index in [0.29, 0.717) is 18.0 Å². The van der Waals surface area contributed by atoms with Crippen LogP contribution in [-0.2, 0) is 9.59 Å². The normalized spacial score (nSPS) is 9.76. The summed E-state index contributed by atoms with van der Waals surface area (Å²) >= 11 is 0. The van der Waals surface area contributed by atoms with Crippen molar-refractivity contribution in [1.82, 2.24) is 5.32 Å². The van der Waals surface area contributed by atoms with Crippen LogP contribution in [0, 0.1) is 0 Å². The van der Waals surface area contributed by atoms with Crippen LogP contribution in [-0.4, -0.2) is 29.6 Å². The van der Waals surface area contributed by atoms with Crippen molar-refractivity contribution >= 4 is 23.6 Å². The van der Waals surface area contributed by atoms with Gasteiger partial charge in [-0.3, -0.25) is 14.9 Å². The number of carboxylic acid groups (broad SMARTS) is 1. The van der Waals surface area contributed by atoms with Crippen molar-refractivity contribution in [3.05, 3.63) is 24.3 Å². The first kappa shape index (κ1) is 16.5. The molecule has 1 rings (SSSR count). The first-order valence-electron chi connectivity index (χ1n) is 6.56. The fourth-order valence-corrected chi connectivity index (χ4v) is 1.55. The molecular weight excluding hydrogens is 276 g/mol. The number of ether oxygens (including phenoxy) is 1. The van der Waals surface area contributed by atoms with Crippen molar-refractivity contribution in [1.29, 1.82) is 0 Å². The largest absolute Gasteiger partial charge is 0.494 e.